The van der Waals surface area contributed by atoms with E-state index in [1.165, 1.54) is 10.3 Å². The molecule has 0 saturated carbocycles. The van der Waals surface area contributed by atoms with Gasteiger partial charge >= 0.3 is 0 Å². The molecule has 0 aromatic carbocycles. The first-order valence-corrected chi connectivity index (χ1v) is 7.90. The van der Waals surface area contributed by atoms with Crippen molar-refractivity contribution in [3.8, 4) is 0 Å². The molecule has 0 spiro atoms. The Bertz CT molecular complexity index is 648. The summed E-state index contributed by atoms with van der Waals surface area (Å²) in [6, 6.07) is 6.19. The molecule has 0 aliphatic carbocycles. The molecule has 0 radical (unpaired) electrons. The van der Waals surface area contributed by atoms with Gasteiger partial charge in [-0.25, -0.2) is 0 Å². The van der Waals surface area contributed by atoms with E-state index in [-0.39, 0.29) is 6.61 Å². The lowest BCUT2D eigenvalue weighted by atomic mass is 10.2. The van der Waals surface area contributed by atoms with Gasteiger partial charge in [-0.3, -0.25) is 4.98 Å². The Hall–Kier alpha value is -1.43. The minimum atomic E-state index is 0.152. The van der Waals surface area contributed by atoms with Gasteiger partial charge in [0, 0.05) is 19.3 Å². The first-order valence-electron chi connectivity index (χ1n) is 6.07. The van der Waals surface area contributed by atoms with Gasteiger partial charge in [0.15, 0.2) is 0 Å². The van der Waals surface area contributed by atoms with Gasteiger partial charge in [-0.1, -0.05) is 0 Å². The van der Waals surface area contributed by atoms with E-state index in [0.29, 0.717) is 6.54 Å². The fourth-order valence-electron chi connectivity index (χ4n) is 2.12. The zero-order valence-corrected chi connectivity index (χ0v) is 12.0. The van der Waals surface area contributed by atoms with Crippen molar-refractivity contribution >= 4 is 38.6 Å². The lowest BCUT2D eigenvalue weighted by Gasteiger charge is -2.24. The molecular formula is C14H14N2OS2. The summed E-state index contributed by atoms with van der Waals surface area (Å²) in [5.41, 5.74) is 3.45. The number of anilines is 1. The number of hydrogen-bond acceptors (Lipinski definition) is 5. The van der Waals surface area contributed by atoms with Crippen LogP contribution in [0.15, 0.2) is 40.5 Å². The second-order valence-electron chi connectivity index (χ2n) is 4.24. The van der Waals surface area contributed by atoms with Crippen LogP contribution in [0.1, 0.15) is 5.56 Å². The highest BCUT2D eigenvalue weighted by Gasteiger charge is 2.12. The Morgan fingerprint density at radius 1 is 1.21 bits per heavy atom. The van der Waals surface area contributed by atoms with E-state index < -0.39 is 0 Å². The van der Waals surface area contributed by atoms with Crippen LogP contribution in [0.4, 0.5) is 5.69 Å². The average molecular weight is 290 g/mol. The molecule has 0 atom stereocenters. The van der Waals surface area contributed by atoms with Gasteiger partial charge in [-0.15, -0.1) is 11.3 Å². The zero-order valence-electron chi connectivity index (χ0n) is 10.3. The van der Waals surface area contributed by atoms with Gasteiger partial charge in [-0.2, -0.15) is 11.3 Å². The number of nitrogens with zero attached hydrogens (tertiary/aromatic N) is 2. The highest BCUT2D eigenvalue weighted by atomic mass is 32.1. The molecule has 98 valence electrons. The summed E-state index contributed by atoms with van der Waals surface area (Å²) in [5, 5.41) is 15.6. The molecule has 3 aromatic rings. The molecule has 0 unspecified atom stereocenters. The number of rotatable bonds is 5. The van der Waals surface area contributed by atoms with Crippen LogP contribution in [0.2, 0.25) is 0 Å². The van der Waals surface area contributed by atoms with Crippen molar-refractivity contribution in [1.82, 2.24) is 4.98 Å². The maximum Gasteiger partial charge on any atom is 0.0830 e. The van der Waals surface area contributed by atoms with Crippen molar-refractivity contribution in [3.05, 3.63) is 46.1 Å². The molecule has 0 amide bonds. The van der Waals surface area contributed by atoms with Gasteiger partial charge in [0.25, 0.3) is 0 Å². The highest BCUT2D eigenvalue weighted by Crippen LogP contribution is 2.30. The van der Waals surface area contributed by atoms with Crippen molar-refractivity contribution in [1.29, 1.82) is 0 Å². The number of hydrogen-bond donors (Lipinski definition) is 1. The van der Waals surface area contributed by atoms with Crippen LogP contribution in [-0.4, -0.2) is 23.2 Å². The minimum Gasteiger partial charge on any atom is -0.395 e. The Morgan fingerprint density at radius 2 is 2.16 bits per heavy atom. The number of aliphatic hydroxyl groups is 1. The van der Waals surface area contributed by atoms with Crippen LogP contribution in [0.3, 0.4) is 0 Å². The van der Waals surface area contributed by atoms with Gasteiger partial charge in [0.2, 0.25) is 0 Å². The fourth-order valence-corrected chi connectivity index (χ4v) is 3.67. The van der Waals surface area contributed by atoms with Crippen molar-refractivity contribution in [2.24, 2.45) is 0 Å². The normalized spacial score (nSPS) is 11.0. The Morgan fingerprint density at radius 3 is 2.95 bits per heavy atom. The van der Waals surface area contributed by atoms with Crippen molar-refractivity contribution in [2.75, 3.05) is 18.1 Å². The predicted octanol–water partition coefficient (Wildman–Crippen LogP) is 3.36. The van der Waals surface area contributed by atoms with E-state index in [0.717, 1.165) is 17.7 Å². The summed E-state index contributed by atoms with van der Waals surface area (Å²) in [6.07, 6.45) is 1.84. The third kappa shape index (κ3) is 2.63. The standard InChI is InChI=1S/C14H14N2OS2/c17-6-5-16(9-11-2-7-18-10-11)13-1-4-15-12-3-8-19-14(12)13/h1-4,7-8,10,17H,5-6,9H2. The third-order valence-electron chi connectivity index (χ3n) is 2.99. The van der Waals surface area contributed by atoms with Gasteiger partial charge in [0.05, 0.1) is 22.5 Å². The second-order valence-corrected chi connectivity index (χ2v) is 5.94. The van der Waals surface area contributed by atoms with E-state index >= 15 is 0 Å². The molecule has 5 heteroatoms. The molecule has 0 aliphatic rings. The van der Waals surface area contributed by atoms with E-state index in [1.54, 1.807) is 22.7 Å². The third-order valence-corrected chi connectivity index (χ3v) is 4.65. The SMILES string of the molecule is OCCN(Cc1ccsc1)c1ccnc2ccsc12. The predicted molar refractivity (Wildman–Crippen MR) is 82.1 cm³/mol. The summed E-state index contributed by atoms with van der Waals surface area (Å²) in [5.74, 6) is 0. The number of thiophene rings is 2. The molecule has 19 heavy (non-hydrogen) atoms. The van der Waals surface area contributed by atoms with Crippen LogP contribution in [-0.2, 0) is 6.54 Å². The molecule has 1 N–H and O–H groups in total. The van der Waals surface area contributed by atoms with Crippen LogP contribution in [0.25, 0.3) is 10.2 Å². The van der Waals surface area contributed by atoms with Crippen LogP contribution >= 0.6 is 22.7 Å². The molecular weight excluding hydrogens is 276 g/mol. The monoisotopic (exact) mass is 290 g/mol. The maximum absolute atomic E-state index is 9.30. The minimum absolute atomic E-state index is 0.152. The zero-order chi connectivity index (χ0) is 13.1. The van der Waals surface area contributed by atoms with E-state index in [1.807, 2.05) is 18.3 Å². The molecule has 0 bridgehead atoms. The number of aliphatic hydroxyl groups excluding tert-OH is 1. The molecule has 3 nitrogen and oxygen atoms in total. The smallest absolute Gasteiger partial charge is 0.0830 e. The molecule has 0 saturated heterocycles. The van der Waals surface area contributed by atoms with Gasteiger partial charge < -0.3 is 10.0 Å². The average Bonchev–Trinajstić information content (AvgIpc) is 3.08. The fraction of sp³-hybridized carbons (Fsp3) is 0.214. The first kappa shape index (κ1) is 12.6. The summed E-state index contributed by atoms with van der Waals surface area (Å²) in [4.78, 5) is 6.58. The molecule has 3 aromatic heterocycles. The summed E-state index contributed by atoms with van der Waals surface area (Å²) in [6.45, 7) is 1.60. The first-order chi connectivity index (χ1) is 9.38. The Labute approximate surface area is 119 Å². The van der Waals surface area contributed by atoms with Crippen LogP contribution in [0.5, 0.6) is 0 Å². The maximum atomic E-state index is 9.30. The van der Waals surface area contributed by atoms with Gasteiger partial charge in [0.1, 0.15) is 0 Å². The van der Waals surface area contributed by atoms with Crippen molar-refractivity contribution in [2.45, 2.75) is 6.54 Å². The quantitative estimate of drug-likeness (QED) is 0.783. The number of aromatic nitrogens is 1. The number of fused-ring (bicyclic) bond motifs is 1. The van der Waals surface area contributed by atoms with E-state index in [2.05, 4.69) is 32.1 Å². The summed E-state index contributed by atoms with van der Waals surface area (Å²) < 4.78 is 1.19. The molecule has 0 aliphatic heterocycles. The molecule has 3 rings (SSSR count). The summed E-state index contributed by atoms with van der Waals surface area (Å²) in [7, 11) is 0. The molecule has 3 heterocycles. The second kappa shape index (κ2) is 5.69. The van der Waals surface area contributed by atoms with E-state index in [4.69, 9.17) is 0 Å². The Kier molecular flexibility index (Phi) is 3.77. The van der Waals surface area contributed by atoms with Crippen LogP contribution in [0, 0.1) is 0 Å². The van der Waals surface area contributed by atoms with Gasteiger partial charge in [-0.05, 0) is 39.9 Å². The van der Waals surface area contributed by atoms with Crippen LogP contribution < -0.4 is 4.90 Å². The Balaban J connectivity index is 1.97. The van der Waals surface area contributed by atoms with Crippen molar-refractivity contribution in [3.63, 3.8) is 0 Å². The lowest BCUT2D eigenvalue weighted by molar-refractivity contribution is 0.301. The largest absolute Gasteiger partial charge is 0.395 e. The number of pyridine rings is 1. The lowest BCUT2D eigenvalue weighted by Crippen LogP contribution is -2.25. The summed E-state index contributed by atoms with van der Waals surface area (Å²) >= 11 is 3.40. The highest BCUT2D eigenvalue weighted by molar-refractivity contribution is 7.17. The molecule has 0 fully saturated rings. The van der Waals surface area contributed by atoms with E-state index in [9.17, 15) is 5.11 Å². The topological polar surface area (TPSA) is 36.4 Å². The van der Waals surface area contributed by atoms with Crippen molar-refractivity contribution < 1.29 is 5.11 Å².